The molecule has 0 aliphatic heterocycles. The summed E-state index contributed by atoms with van der Waals surface area (Å²) in [5.74, 6) is 1.29. The molecule has 14 heavy (non-hydrogen) atoms. The minimum Gasteiger partial charge on any atom is -0.396 e. The van der Waals surface area contributed by atoms with E-state index in [1.807, 2.05) is 0 Å². The highest BCUT2D eigenvalue weighted by Gasteiger charge is 2.97. The van der Waals surface area contributed by atoms with E-state index in [9.17, 15) is 5.11 Å². The van der Waals surface area contributed by atoms with Crippen molar-refractivity contribution in [2.75, 3.05) is 6.61 Å². The van der Waals surface area contributed by atoms with Gasteiger partial charge in [-0.1, -0.05) is 40.2 Å². The van der Waals surface area contributed by atoms with Gasteiger partial charge in [-0.15, -0.1) is 0 Å². The van der Waals surface area contributed by atoms with Crippen molar-refractivity contribution in [2.24, 2.45) is 11.3 Å². The Kier molecular flexibility index (Phi) is 1.10. The molecule has 0 bridgehead atoms. The summed E-state index contributed by atoms with van der Waals surface area (Å²) in [6.07, 6.45) is 1.15. The van der Waals surface area contributed by atoms with Crippen molar-refractivity contribution >= 4 is 15.9 Å². The Morgan fingerprint density at radius 1 is 1.43 bits per heavy atom. The summed E-state index contributed by atoms with van der Waals surface area (Å²) in [6.45, 7) is 0.349. The van der Waals surface area contributed by atoms with Crippen molar-refractivity contribution < 1.29 is 5.11 Å². The van der Waals surface area contributed by atoms with Gasteiger partial charge < -0.3 is 5.11 Å². The van der Waals surface area contributed by atoms with E-state index < -0.39 is 0 Å². The summed E-state index contributed by atoms with van der Waals surface area (Å²) in [6, 6.07) is 8.68. The quantitative estimate of drug-likeness (QED) is 0.757. The Labute approximate surface area is 91.3 Å². The van der Waals surface area contributed by atoms with Gasteiger partial charge in [-0.05, 0) is 23.5 Å². The van der Waals surface area contributed by atoms with Crippen LogP contribution in [-0.2, 0) is 6.42 Å². The van der Waals surface area contributed by atoms with E-state index in [0.717, 1.165) is 6.42 Å². The van der Waals surface area contributed by atoms with E-state index in [0.29, 0.717) is 18.4 Å². The second-order valence-corrected chi connectivity index (χ2v) is 6.17. The highest BCUT2D eigenvalue weighted by Crippen LogP contribution is 2.96. The maximum atomic E-state index is 9.47. The predicted molar refractivity (Wildman–Crippen MR) is 57.6 cm³/mol. The Morgan fingerprint density at radius 3 is 2.93 bits per heavy atom. The third-order valence-electron chi connectivity index (χ3n) is 4.66. The number of hydrogen-bond donors (Lipinski definition) is 1. The zero-order valence-electron chi connectivity index (χ0n) is 7.70. The molecule has 0 heterocycles. The van der Waals surface area contributed by atoms with E-state index in [1.54, 1.807) is 0 Å². The fraction of sp³-hybridized carbons (Fsp3) is 0.500. The molecule has 4 unspecified atom stereocenters. The molecule has 2 saturated carbocycles. The number of hydrogen-bond acceptors (Lipinski definition) is 1. The molecule has 4 rings (SSSR count). The van der Waals surface area contributed by atoms with Crippen LogP contribution in [0.3, 0.4) is 0 Å². The molecule has 1 nitrogen and oxygen atoms in total. The molecule has 0 saturated heterocycles. The first-order valence-electron chi connectivity index (χ1n) is 5.14. The van der Waals surface area contributed by atoms with Crippen LogP contribution in [0.25, 0.3) is 0 Å². The standard InChI is InChI=1S/C12H11BrO/c13-12-9-5-7-3-1-2-4-8(7)10(12)11(9,12)6-14/h1-4,9-10,14H,5-6H2. The summed E-state index contributed by atoms with van der Waals surface area (Å²) < 4.78 is 0.281. The van der Waals surface area contributed by atoms with Gasteiger partial charge in [0.05, 0.1) is 6.61 Å². The maximum Gasteiger partial charge on any atom is 0.0510 e. The summed E-state index contributed by atoms with van der Waals surface area (Å²) in [7, 11) is 0. The molecular weight excluding hydrogens is 240 g/mol. The first-order chi connectivity index (χ1) is 6.77. The number of aliphatic hydroxyl groups is 1. The van der Waals surface area contributed by atoms with Crippen LogP contribution < -0.4 is 0 Å². The molecule has 0 aromatic heterocycles. The lowest BCUT2D eigenvalue weighted by atomic mass is 9.78. The van der Waals surface area contributed by atoms with Gasteiger partial charge in [0.25, 0.3) is 0 Å². The molecule has 3 aliphatic rings. The van der Waals surface area contributed by atoms with Gasteiger partial charge in [0.2, 0.25) is 0 Å². The Morgan fingerprint density at radius 2 is 2.21 bits per heavy atom. The highest BCUT2D eigenvalue weighted by molar-refractivity contribution is 9.10. The average Bonchev–Trinajstić information content (AvgIpc) is 3.00. The summed E-state index contributed by atoms with van der Waals surface area (Å²) in [5, 5.41) is 9.47. The molecule has 0 radical (unpaired) electrons. The lowest BCUT2D eigenvalue weighted by Crippen LogP contribution is -2.23. The Balaban J connectivity index is 1.90. The van der Waals surface area contributed by atoms with Crippen molar-refractivity contribution in [3.8, 4) is 0 Å². The first kappa shape index (κ1) is 7.89. The van der Waals surface area contributed by atoms with Crippen LogP contribution in [0.2, 0.25) is 0 Å². The van der Waals surface area contributed by atoms with Gasteiger partial charge in [0.15, 0.2) is 0 Å². The second-order valence-electron chi connectivity index (χ2n) is 4.86. The number of fused-ring (bicyclic) bond motifs is 4. The third kappa shape index (κ3) is 0.516. The van der Waals surface area contributed by atoms with Crippen LogP contribution in [0, 0.1) is 11.3 Å². The Bertz CT molecular complexity index is 444. The molecule has 3 aliphatic carbocycles. The molecule has 1 aromatic carbocycles. The molecule has 1 aromatic rings. The topological polar surface area (TPSA) is 20.2 Å². The minimum atomic E-state index is 0.224. The van der Waals surface area contributed by atoms with Crippen LogP contribution in [0.1, 0.15) is 17.0 Å². The first-order valence-corrected chi connectivity index (χ1v) is 5.93. The minimum absolute atomic E-state index is 0.224. The number of benzene rings is 1. The fourth-order valence-electron chi connectivity index (χ4n) is 3.85. The van der Waals surface area contributed by atoms with Crippen molar-refractivity contribution in [3.05, 3.63) is 35.4 Å². The largest absolute Gasteiger partial charge is 0.396 e. The Hall–Kier alpha value is -0.340. The van der Waals surface area contributed by atoms with Crippen molar-refractivity contribution in [1.82, 2.24) is 0 Å². The van der Waals surface area contributed by atoms with Gasteiger partial charge in [0, 0.05) is 15.7 Å². The lowest BCUT2D eigenvalue weighted by molar-refractivity contribution is 0.212. The van der Waals surface area contributed by atoms with E-state index in [2.05, 4.69) is 40.2 Å². The summed E-state index contributed by atoms with van der Waals surface area (Å²) in [5.41, 5.74) is 3.20. The number of aliphatic hydroxyl groups excluding tert-OH is 1. The normalized spacial score (nSPS) is 50.7. The van der Waals surface area contributed by atoms with E-state index in [-0.39, 0.29) is 9.74 Å². The van der Waals surface area contributed by atoms with Gasteiger partial charge in [-0.3, -0.25) is 0 Å². The second kappa shape index (κ2) is 1.96. The van der Waals surface area contributed by atoms with E-state index in [1.165, 1.54) is 11.1 Å². The maximum absolute atomic E-state index is 9.47. The lowest BCUT2D eigenvalue weighted by Gasteiger charge is -2.28. The summed E-state index contributed by atoms with van der Waals surface area (Å²) in [4.78, 5) is 0. The van der Waals surface area contributed by atoms with Gasteiger partial charge >= 0.3 is 0 Å². The molecular formula is C12H11BrO. The number of halogens is 1. The number of rotatable bonds is 1. The van der Waals surface area contributed by atoms with Gasteiger partial charge in [0.1, 0.15) is 0 Å². The smallest absolute Gasteiger partial charge is 0.0510 e. The van der Waals surface area contributed by atoms with Gasteiger partial charge in [-0.25, -0.2) is 0 Å². The molecule has 2 fully saturated rings. The van der Waals surface area contributed by atoms with Crippen molar-refractivity contribution in [1.29, 1.82) is 0 Å². The van der Waals surface area contributed by atoms with Crippen LogP contribution in [0.4, 0.5) is 0 Å². The molecule has 0 amide bonds. The molecule has 2 heteroatoms. The predicted octanol–water partition coefficient (Wildman–Crippen LogP) is 2.08. The van der Waals surface area contributed by atoms with E-state index >= 15 is 0 Å². The summed E-state index contributed by atoms with van der Waals surface area (Å²) >= 11 is 3.83. The third-order valence-corrected chi connectivity index (χ3v) is 6.41. The van der Waals surface area contributed by atoms with E-state index in [4.69, 9.17) is 0 Å². The van der Waals surface area contributed by atoms with Crippen LogP contribution in [0.15, 0.2) is 24.3 Å². The average molecular weight is 251 g/mol. The zero-order valence-corrected chi connectivity index (χ0v) is 9.29. The fourth-order valence-corrected chi connectivity index (χ4v) is 5.48. The molecule has 1 N–H and O–H groups in total. The molecule has 0 spiro atoms. The molecule has 72 valence electrons. The zero-order chi connectivity index (χ0) is 9.55. The van der Waals surface area contributed by atoms with Crippen molar-refractivity contribution in [3.63, 3.8) is 0 Å². The highest BCUT2D eigenvalue weighted by atomic mass is 79.9. The van der Waals surface area contributed by atoms with Crippen LogP contribution >= 0.6 is 15.9 Å². The van der Waals surface area contributed by atoms with Gasteiger partial charge in [-0.2, -0.15) is 0 Å². The monoisotopic (exact) mass is 250 g/mol. The van der Waals surface area contributed by atoms with Crippen LogP contribution in [0.5, 0.6) is 0 Å². The molecule has 4 atom stereocenters. The SMILES string of the molecule is OCC12C3Cc4ccccc4C1C32Br. The van der Waals surface area contributed by atoms with Crippen molar-refractivity contribution in [2.45, 2.75) is 16.7 Å². The number of alkyl halides is 1. The van der Waals surface area contributed by atoms with Crippen LogP contribution in [-0.4, -0.2) is 16.0 Å².